The van der Waals surface area contributed by atoms with Crippen LogP contribution in [0, 0.1) is 30.6 Å². The number of unbranched alkanes of at least 4 members (excludes halogenated alkanes) is 1. The average Bonchev–Trinajstić information content (AvgIpc) is 1.86. The minimum Gasteiger partial charge on any atom is -0.120 e. The van der Waals surface area contributed by atoms with Crippen molar-refractivity contribution in [3.05, 3.63) is 6.42 Å². The fourth-order valence-electron chi connectivity index (χ4n) is 1.35. The zero-order valence-electron chi connectivity index (χ0n) is 7.93. The van der Waals surface area contributed by atoms with E-state index in [4.69, 9.17) is 6.42 Å². The summed E-state index contributed by atoms with van der Waals surface area (Å²) in [6.07, 6.45) is 10.6. The normalized spacial score (nSPS) is 13.0. The molecule has 0 bridgehead atoms. The monoisotopic (exact) mass is 151 g/mol. The van der Waals surface area contributed by atoms with Crippen molar-refractivity contribution >= 4 is 0 Å². The molecule has 0 aromatic rings. The highest BCUT2D eigenvalue weighted by Crippen LogP contribution is 2.16. The molecule has 0 aliphatic carbocycles. The second-order valence-corrected chi connectivity index (χ2v) is 3.67. The Hall–Kier alpha value is -0.440. The van der Waals surface area contributed by atoms with Gasteiger partial charge in [0.25, 0.3) is 0 Å². The first kappa shape index (κ1) is 10.6. The van der Waals surface area contributed by atoms with Crippen LogP contribution >= 0.6 is 0 Å². The zero-order valence-corrected chi connectivity index (χ0v) is 7.93. The van der Waals surface area contributed by atoms with Crippen molar-refractivity contribution in [1.29, 1.82) is 0 Å². The van der Waals surface area contributed by atoms with Gasteiger partial charge in [-0.05, 0) is 31.1 Å². The molecule has 1 atom stereocenters. The van der Waals surface area contributed by atoms with Crippen LogP contribution in [-0.2, 0) is 0 Å². The second kappa shape index (κ2) is 6.28. The molecule has 0 aromatic heterocycles. The predicted octanol–water partition coefficient (Wildman–Crippen LogP) is 3.29. The van der Waals surface area contributed by atoms with Crippen LogP contribution in [0.25, 0.3) is 0 Å². The van der Waals surface area contributed by atoms with Gasteiger partial charge in [-0.25, -0.2) is 0 Å². The summed E-state index contributed by atoms with van der Waals surface area (Å²) in [5.41, 5.74) is 0. The highest BCUT2D eigenvalue weighted by Gasteiger charge is 2.03. The number of terminal acetylenes is 1. The molecule has 0 saturated heterocycles. The van der Waals surface area contributed by atoms with Crippen molar-refractivity contribution in [2.45, 2.75) is 40.0 Å². The predicted molar refractivity (Wildman–Crippen MR) is 51.0 cm³/mol. The van der Waals surface area contributed by atoms with E-state index >= 15 is 0 Å². The Kier molecular flexibility index (Phi) is 6.03. The van der Waals surface area contributed by atoms with Crippen LogP contribution in [0.5, 0.6) is 0 Å². The first-order chi connectivity index (χ1) is 5.16. The van der Waals surface area contributed by atoms with Crippen molar-refractivity contribution in [3.63, 3.8) is 0 Å². The third-order valence-electron chi connectivity index (χ3n) is 1.70. The van der Waals surface area contributed by atoms with Gasteiger partial charge < -0.3 is 0 Å². The molecule has 0 aliphatic rings. The largest absolute Gasteiger partial charge is 0.120 e. The van der Waals surface area contributed by atoms with Crippen LogP contribution in [0.2, 0.25) is 0 Å². The van der Waals surface area contributed by atoms with Crippen molar-refractivity contribution in [3.8, 4) is 12.3 Å². The van der Waals surface area contributed by atoms with Gasteiger partial charge >= 0.3 is 0 Å². The Morgan fingerprint density at radius 2 is 2.00 bits per heavy atom. The molecule has 0 saturated carbocycles. The van der Waals surface area contributed by atoms with Crippen LogP contribution in [0.1, 0.15) is 40.0 Å². The van der Waals surface area contributed by atoms with Crippen LogP contribution in [-0.4, -0.2) is 0 Å². The summed E-state index contributed by atoms with van der Waals surface area (Å²) in [7, 11) is 0. The van der Waals surface area contributed by atoms with Gasteiger partial charge in [0.05, 0.1) is 0 Å². The zero-order chi connectivity index (χ0) is 8.69. The van der Waals surface area contributed by atoms with Crippen molar-refractivity contribution < 1.29 is 0 Å². The summed E-state index contributed by atoms with van der Waals surface area (Å²) in [4.78, 5) is 0. The van der Waals surface area contributed by atoms with E-state index in [1.165, 1.54) is 12.8 Å². The van der Waals surface area contributed by atoms with Crippen LogP contribution in [0.4, 0.5) is 0 Å². The molecule has 11 heavy (non-hydrogen) atoms. The fourth-order valence-corrected chi connectivity index (χ4v) is 1.35. The van der Waals surface area contributed by atoms with Crippen LogP contribution < -0.4 is 0 Å². The quantitative estimate of drug-likeness (QED) is 0.418. The molecular weight excluding hydrogens is 132 g/mol. The highest BCUT2D eigenvalue weighted by molar-refractivity contribution is 4.90. The minimum atomic E-state index is 0.795. The SMILES string of the molecule is C#CC[CH]CC(C)CC(C)C. The molecule has 0 aliphatic heterocycles. The molecular formula is C11H19. The molecule has 0 N–H and O–H groups in total. The Morgan fingerprint density at radius 1 is 1.36 bits per heavy atom. The van der Waals surface area contributed by atoms with Gasteiger partial charge in [0.2, 0.25) is 0 Å². The molecule has 0 aromatic carbocycles. The minimum absolute atomic E-state index is 0.795. The van der Waals surface area contributed by atoms with E-state index in [-0.39, 0.29) is 0 Å². The highest BCUT2D eigenvalue weighted by atomic mass is 14.1. The van der Waals surface area contributed by atoms with Gasteiger partial charge in [0.1, 0.15) is 0 Å². The third-order valence-corrected chi connectivity index (χ3v) is 1.70. The van der Waals surface area contributed by atoms with E-state index < -0.39 is 0 Å². The smallest absolute Gasteiger partial charge is 0.0117 e. The number of hydrogen-bond donors (Lipinski definition) is 0. The first-order valence-corrected chi connectivity index (χ1v) is 4.42. The van der Waals surface area contributed by atoms with E-state index in [0.717, 1.165) is 18.3 Å². The molecule has 0 fully saturated rings. The van der Waals surface area contributed by atoms with Gasteiger partial charge in [0.15, 0.2) is 0 Å². The molecule has 0 nitrogen and oxygen atoms in total. The van der Waals surface area contributed by atoms with Gasteiger partial charge in [-0.3, -0.25) is 0 Å². The lowest BCUT2D eigenvalue weighted by atomic mass is 9.94. The van der Waals surface area contributed by atoms with E-state index in [1.807, 2.05) is 0 Å². The van der Waals surface area contributed by atoms with E-state index in [1.54, 1.807) is 0 Å². The van der Waals surface area contributed by atoms with Crippen molar-refractivity contribution in [1.82, 2.24) is 0 Å². The van der Waals surface area contributed by atoms with Gasteiger partial charge in [-0.2, -0.15) is 0 Å². The molecule has 63 valence electrons. The Balaban J connectivity index is 3.24. The topological polar surface area (TPSA) is 0 Å². The van der Waals surface area contributed by atoms with Gasteiger partial charge in [-0.1, -0.05) is 20.8 Å². The van der Waals surface area contributed by atoms with Gasteiger partial charge in [0, 0.05) is 6.42 Å². The van der Waals surface area contributed by atoms with Gasteiger partial charge in [-0.15, -0.1) is 12.3 Å². The molecule has 0 heteroatoms. The van der Waals surface area contributed by atoms with E-state index in [9.17, 15) is 0 Å². The Morgan fingerprint density at radius 3 is 2.45 bits per heavy atom. The lowest BCUT2D eigenvalue weighted by molar-refractivity contribution is 0.433. The first-order valence-electron chi connectivity index (χ1n) is 4.42. The summed E-state index contributed by atoms with van der Waals surface area (Å²) in [5.74, 6) is 4.23. The average molecular weight is 151 g/mol. The number of hydrogen-bond acceptors (Lipinski definition) is 0. The second-order valence-electron chi connectivity index (χ2n) is 3.67. The number of rotatable bonds is 5. The van der Waals surface area contributed by atoms with Crippen molar-refractivity contribution in [2.24, 2.45) is 11.8 Å². The maximum Gasteiger partial charge on any atom is 0.0117 e. The lowest BCUT2D eigenvalue weighted by Gasteiger charge is -2.12. The lowest BCUT2D eigenvalue weighted by Crippen LogP contribution is -1.99. The maximum absolute atomic E-state index is 5.13. The Labute approximate surface area is 71.4 Å². The molecule has 1 unspecified atom stereocenters. The maximum atomic E-state index is 5.13. The van der Waals surface area contributed by atoms with Crippen LogP contribution in [0.3, 0.4) is 0 Å². The molecule has 0 amide bonds. The van der Waals surface area contributed by atoms with Crippen molar-refractivity contribution in [2.75, 3.05) is 0 Å². The van der Waals surface area contributed by atoms with E-state index in [2.05, 4.69) is 33.1 Å². The molecule has 0 heterocycles. The molecule has 1 radical (unpaired) electrons. The Bertz CT molecular complexity index is 116. The molecule has 0 spiro atoms. The van der Waals surface area contributed by atoms with E-state index in [0.29, 0.717) is 0 Å². The molecule has 0 rings (SSSR count). The third kappa shape index (κ3) is 7.46. The summed E-state index contributed by atoms with van der Waals surface area (Å²) >= 11 is 0. The summed E-state index contributed by atoms with van der Waals surface area (Å²) in [6.45, 7) is 6.81. The summed E-state index contributed by atoms with van der Waals surface area (Å²) < 4.78 is 0. The summed E-state index contributed by atoms with van der Waals surface area (Å²) in [6, 6.07) is 0. The van der Waals surface area contributed by atoms with Crippen LogP contribution in [0.15, 0.2) is 0 Å². The summed E-state index contributed by atoms with van der Waals surface area (Å²) in [5, 5.41) is 0. The standard InChI is InChI=1S/C11H19/c1-5-6-7-8-11(4)9-10(2)3/h1,7,10-11H,6,8-9H2,2-4H3. The fraction of sp³-hybridized carbons (Fsp3) is 0.727.